The molecule has 4 aromatic heterocycles. The number of nitrogens with two attached hydrogens (primary N) is 3. The molecule has 1 saturated carbocycles. The van der Waals surface area contributed by atoms with E-state index in [-0.39, 0.29) is 73.8 Å². The Morgan fingerprint density at radius 2 is 1.39 bits per heavy atom. The number of piperidine rings is 1. The number of aromatic nitrogens is 8. The van der Waals surface area contributed by atoms with Crippen LogP contribution in [-0.4, -0.2) is 307 Å². The maximum atomic E-state index is 14.7. The molecular weight excluding hydrogens is 1640 g/mol. The summed E-state index contributed by atoms with van der Waals surface area (Å²) in [5.41, 5.74) is 24.3. The van der Waals surface area contributed by atoms with Crippen molar-refractivity contribution in [1.29, 1.82) is 0 Å². The number of ketones is 3. The number of anilines is 2. The number of aryl methyl sites for hydroxylation is 2. The molecule has 3 aliphatic heterocycles. The Hall–Kier alpha value is -8.28. The standard InChI is InChI=1S/C91H139N13O23/c1-60-19-11-10-12-20-61(2)76(114-8)56-69-26-23-65(6)91(113,127-69)85(110)88(111)103-31-15-13-22-72(103)89(112)125-77(57-73(105)62(3)52-64(5)83(108)84(109)82(107)63(4)51-60)70(92)53-66-24-27-75(78(54-66)115-9)124-34-18-14-21-68-58-102(100-98-68)33-36-117-38-40-119-42-44-121-46-48-123-50-49-122-47-45-120-43-41-118-39-37-116-35-29-79(106)101(7)30-16-17-32-104-87-80(86(93)95-59-96-87)81(99-104)67-25-28-74-71(55-67)97-90(94)126-74/h10-12,19-20,25,28,52,55,58-60,62-63,65-66,69-70,72,75-78,83-84,108-109,113H,13-18,21-24,26-27,29-51,53-54,56-57,92H2,1-9H3,(H2,94,97)(H2,93,95,96)/b12-10?,19-11+,61-20?,64-52+/t60-,62-,63-,65-,66+,69+,70-,72+,75-,76+,77+,78-,83-,84+,91-/m1/s1. The van der Waals surface area contributed by atoms with Crippen LogP contribution in [0, 0.1) is 29.6 Å². The zero-order valence-corrected chi connectivity index (χ0v) is 75.7. The number of benzene rings is 1. The molecule has 15 atom stereocenters. The summed E-state index contributed by atoms with van der Waals surface area (Å²) in [6, 6.07) is 3.46. The fraction of sp³-hybridized carbons (Fsp3) is 0.692. The fourth-order valence-corrected chi connectivity index (χ4v) is 16.4. The molecule has 0 spiro atoms. The van der Waals surface area contributed by atoms with Crippen LogP contribution in [0.2, 0.25) is 0 Å². The molecule has 36 nitrogen and oxygen atoms in total. The summed E-state index contributed by atoms with van der Waals surface area (Å²) in [5.74, 6) is -8.57. The summed E-state index contributed by atoms with van der Waals surface area (Å²) < 4.78 is 84.9. The van der Waals surface area contributed by atoms with E-state index in [4.69, 9.17) is 88.3 Å². The number of carbonyl (C=O) groups excluding carboxylic acids is 6. The third-order valence-electron chi connectivity index (χ3n) is 24.0. The van der Waals surface area contributed by atoms with Gasteiger partial charge in [0.15, 0.2) is 17.0 Å². The van der Waals surface area contributed by atoms with Crippen LogP contribution in [0.1, 0.15) is 156 Å². The Morgan fingerprint density at radius 3 is 2.07 bits per heavy atom. The summed E-state index contributed by atoms with van der Waals surface area (Å²) in [5, 5.41) is 48.8. The number of rotatable bonds is 44. The Morgan fingerprint density at radius 1 is 0.717 bits per heavy atom. The second-order valence-corrected chi connectivity index (χ2v) is 33.8. The number of aliphatic hydroxyl groups excluding tert-OH is 2. The molecule has 7 heterocycles. The first-order valence-electron chi connectivity index (χ1n) is 45.2. The van der Waals surface area contributed by atoms with E-state index in [9.17, 15) is 44.1 Å². The third-order valence-corrected chi connectivity index (χ3v) is 24.0. The lowest BCUT2D eigenvalue weighted by Crippen LogP contribution is -2.61. The van der Waals surface area contributed by atoms with Gasteiger partial charge in [-0.3, -0.25) is 24.0 Å². The number of amides is 2. The average molecular weight is 1780 g/mol. The van der Waals surface area contributed by atoms with Gasteiger partial charge in [-0.1, -0.05) is 69.4 Å². The summed E-state index contributed by atoms with van der Waals surface area (Å²) in [7, 11) is 4.99. The number of fused-ring (bicyclic) bond motifs is 5. The van der Waals surface area contributed by atoms with Crippen molar-refractivity contribution in [3.63, 3.8) is 0 Å². The number of hydrogen-bond donors (Lipinski definition) is 6. The number of Topliss-reactive ketones (excluding diaryl/α,β-unsaturated/α-hetero) is 3. The minimum Gasteiger partial charge on any atom is -0.459 e. The molecule has 2 saturated heterocycles. The van der Waals surface area contributed by atoms with Crippen LogP contribution in [-0.2, 0) is 110 Å². The van der Waals surface area contributed by atoms with Crippen LogP contribution in [0.4, 0.5) is 11.8 Å². The first-order chi connectivity index (χ1) is 61.3. The van der Waals surface area contributed by atoms with E-state index in [0.717, 1.165) is 47.4 Å². The van der Waals surface area contributed by atoms with Gasteiger partial charge in [0.25, 0.3) is 17.7 Å². The van der Waals surface area contributed by atoms with Gasteiger partial charge < -0.3 is 108 Å². The Labute approximate surface area is 744 Å². The number of ether oxygens (including phenoxy) is 13. The van der Waals surface area contributed by atoms with Gasteiger partial charge >= 0.3 is 5.97 Å². The van der Waals surface area contributed by atoms with Crippen LogP contribution < -0.4 is 17.2 Å². The highest BCUT2D eigenvalue weighted by molar-refractivity contribution is 6.39. The first kappa shape index (κ1) is 102. The monoisotopic (exact) mass is 1780 g/mol. The lowest BCUT2D eigenvalue weighted by molar-refractivity contribution is -0.265. The van der Waals surface area contributed by atoms with Crippen LogP contribution in [0.25, 0.3) is 33.4 Å². The molecule has 9 rings (SSSR count). The zero-order valence-electron chi connectivity index (χ0n) is 75.7. The molecule has 0 radical (unpaired) electrons. The van der Waals surface area contributed by atoms with Gasteiger partial charge in [0, 0.05) is 95.9 Å². The normalized spacial score (nSPS) is 25.9. The second kappa shape index (κ2) is 53.8. The molecule has 2 amide bonds. The highest BCUT2D eigenvalue weighted by atomic mass is 16.6. The van der Waals surface area contributed by atoms with Gasteiger partial charge in [0.05, 0.1) is 154 Å². The van der Waals surface area contributed by atoms with Crippen molar-refractivity contribution in [1.82, 2.24) is 49.5 Å². The first-order valence-corrected chi connectivity index (χ1v) is 45.2. The average Bonchev–Trinajstić information content (AvgIpc) is 1.76. The van der Waals surface area contributed by atoms with Crippen molar-refractivity contribution >= 4 is 69.1 Å². The summed E-state index contributed by atoms with van der Waals surface area (Å²) in [6.45, 7) is 19.1. The van der Waals surface area contributed by atoms with Crippen LogP contribution in [0.15, 0.2) is 82.7 Å². The topological polar surface area (TPSA) is 468 Å². The van der Waals surface area contributed by atoms with E-state index in [1.165, 1.54) is 19.3 Å². The van der Waals surface area contributed by atoms with Crippen molar-refractivity contribution < 1.29 is 110 Å². The number of nitrogens with zero attached hydrogens (tertiary/aromatic N) is 10. The fourth-order valence-electron chi connectivity index (χ4n) is 16.4. The van der Waals surface area contributed by atoms with Gasteiger partial charge in [-0.05, 0) is 151 Å². The molecule has 1 aliphatic carbocycles. The largest absolute Gasteiger partial charge is 0.459 e. The molecule has 4 aliphatic rings. The molecular formula is C91H139N13O23. The number of unbranched alkanes of at least 4 members (excludes halogenated alkanes) is 2. The molecule has 9 N–H and O–H groups in total. The number of allylic oxidation sites excluding steroid dienone is 6. The van der Waals surface area contributed by atoms with Gasteiger partial charge in [-0.25, -0.2) is 24.1 Å². The molecule has 0 unspecified atom stereocenters. The quantitative estimate of drug-likeness (QED) is 0.00955. The highest BCUT2D eigenvalue weighted by Crippen LogP contribution is 2.39. The Kier molecular flexibility index (Phi) is 43.4. The zero-order chi connectivity index (χ0) is 91.2. The van der Waals surface area contributed by atoms with E-state index in [2.05, 4.69) is 25.3 Å². The lowest BCUT2D eigenvalue weighted by atomic mass is 9.80. The Bertz CT molecular complexity index is 4340. The second-order valence-electron chi connectivity index (χ2n) is 33.8. The molecule has 706 valence electrons. The van der Waals surface area contributed by atoms with Crippen LogP contribution >= 0.6 is 0 Å². The number of carbonyl (C=O) groups is 6. The highest BCUT2D eigenvalue weighted by Gasteiger charge is 2.53. The molecule has 127 heavy (non-hydrogen) atoms. The number of methoxy groups -OCH3 is 2. The van der Waals surface area contributed by atoms with Gasteiger partial charge in [-0.15, -0.1) is 5.10 Å². The number of hydrogen-bond acceptors (Lipinski definition) is 32. The molecule has 1 aromatic carbocycles. The van der Waals surface area contributed by atoms with Gasteiger partial charge in [0.2, 0.25) is 11.7 Å². The van der Waals surface area contributed by atoms with Gasteiger partial charge in [0.1, 0.15) is 53.5 Å². The third kappa shape index (κ3) is 32.1. The van der Waals surface area contributed by atoms with E-state index >= 15 is 0 Å². The predicted molar refractivity (Wildman–Crippen MR) is 471 cm³/mol. The van der Waals surface area contributed by atoms with Crippen LogP contribution in [0.5, 0.6) is 0 Å². The Balaban J connectivity index is 0.583. The van der Waals surface area contributed by atoms with E-state index in [1.807, 2.05) is 67.2 Å². The molecule has 2 bridgehead atoms. The number of nitrogen functional groups attached to an aromatic ring is 2. The molecule has 36 heteroatoms. The van der Waals surface area contributed by atoms with Crippen molar-refractivity contribution in [2.45, 2.75) is 231 Å². The van der Waals surface area contributed by atoms with Crippen molar-refractivity contribution in [3.8, 4) is 11.3 Å². The van der Waals surface area contributed by atoms with Crippen molar-refractivity contribution in [2.24, 2.45) is 35.3 Å². The van der Waals surface area contributed by atoms with E-state index in [0.29, 0.717) is 230 Å². The van der Waals surface area contributed by atoms with Crippen molar-refractivity contribution in [2.75, 3.05) is 158 Å². The van der Waals surface area contributed by atoms with Gasteiger partial charge in [-0.2, -0.15) is 10.1 Å². The smallest absolute Gasteiger partial charge is 0.329 e. The summed E-state index contributed by atoms with van der Waals surface area (Å²) >= 11 is 0. The SMILES string of the molecule is CO[C@H]1C[C@@H]2CC[C@@H](C)[C@@](O)(O2)C(=O)C(=O)N2CCCC[C@H]2C(=O)O[C@H]([C@H](N)C[C@@H]2CC[C@@H](OCCCCc3cn(CCOCCOCCOCCOCCOCCOCCOCCOCCC(=O)N(C)CCCCn4nc(-c5ccc6oc(N)nc6c5)c5c(N)ncnc54)nn3)[C@H](OC)C2)CC(=O)[C@H](C)/C=C(\C)[C@@H](O)[C@@H](O)C(=O)[C@H](C)C[C@H](C)/C=C/C=CC=C1C. The number of cyclic esters (lactones) is 1. The summed E-state index contributed by atoms with van der Waals surface area (Å²) in [6.07, 6.45) is 16.7. The lowest BCUT2D eigenvalue weighted by Gasteiger charge is -2.42. The maximum absolute atomic E-state index is 14.7. The van der Waals surface area contributed by atoms with Crippen molar-refractivity contribution in [3.05, 3.63) is 84.0 Å². The molecule has 5 aromatic rings. The number of oxazole rings is 1. The number of esters is 1. The van der Waals surface area contributed by atoms with E-state index in [1.54, 1.807) is 57.7 Å². The van der Waals surface area contributed by atoms with E-state index < -0.39 is 95.4 Å². The minimum absolute atomic E-state index is 0.00206. The minimum atomic E-state index is -2.49. The predicted octanol–water partition coefficient (Wildman–Crippen LogP) is 7.43. The maximum Gasteiger partial charge on any atom is 0.329 e. The molecule has 3 fully saturated rings. The summed E-state index contributed by atoms with van der Waals surface area (Å²) in [4.78, 5) is 100. The number of aliphatic hydroxyl groups is 3. The van der Waals surface area contributed by atoms with Crippen LogP contribution in [0.3, 0.4) is 0 Å².